The van der Waals surface area contributed by atoms with Crippen LogP contribution in [0.5, 0.6) is 0 Å². The van der Waals surface area contributed by atoms with Crippen LogP contribution in [0.25, 0.3) is 10.9 Å². The number of anilines is 1. The van der Waals surface area contributed by atoms with Gasteiger partial charge in [0.1, 0.15) is 0 Å². The van der Waals surface area contributed by atoms with Crippen molar-refractivity contribution in [2.24, 2.45) is 0 Å². The number of hydrogen-bond donors (Lipinski definition) is 1. The molecule has 1 N–H and O–H groups in total. The molecule has 1 amide bonds. The molecule has 2 heterocycles. The van der Waals surface area contributed by atoms with Crippen molar-refractivity contribution < 1.29 is 4.79 Å². The zero-order valence-corrected chi connectivity index (χ0v) is 13.0. The van der Waals surface area contributed by atoms with E-state index in [1.54, 1.807) is 17.5 Å². The van der Waals surface area contributed by atoms with E-state index >= 15 is 0 Å². The summed E-state index contributed by atoms with van der Waals surface area (Å²) in [7, 11) is 0. The van der Waals surface area contributed by atoms with Crippen LogP contribution in [0.4, 0.5) is 5.69 Å². The zero-order valence-electron chi connectivity index (χ0n) is 12.1. The molecule has 1 aliphatic carbocycles. The van der Waals surface area contributed by atoms with Crippen molar-refractivity contribution in [3.8, 4) is 0 Å². The fraction of sp³-hybridized carbons (Fsp3) is 0.222. The molecular formula is C18H16N2OS. The Hall–Kier alpha value is -2.20. The molecular weight excluding hydrogens is 292 g/mol. The molecule has 1 aliphatic rings. The van der Waals surface area contributed by atoms with Crippen LogP contribution in [-0.4, -0.2) is 10.9 Å². The largest absolute Gasteiger partial charge is 0.321 e. The van der Waals surface area contributed by atoms with Crippen molar-refractivity contribution >= 4 is 33.8 Å². The first-order valence-electron chi connectivity index (χ1n) is 7.58. The molecule has 22 heavy (non-hydrogen) atoms. The molecule has 0 atom stereocenters. The summed E-state index contributed by atoms with van der Waals surface area (Å²) in [5, 5.41) is 4.01. The Balaban J connectivity index is 1.65. The Labute approximate surface area is 133 Å². The number of nitrogens with zero attached hydrogens (tertiary/aromatic N) is 1. The van der Waals surface area contributed by atoms with Crippen LogP contribution in [0.3, 0.4) is 0 Å². The van der Waals surface area contributed by atoms with Crippen LogP contribution in [0.1, 0.15) is 33.0 Å². The number of pyridine rings is 1. The van der Waals surface area contributed by atoms with Gasteiger partial charge in [-0.1, -0.05) is 6.07 Å². The Bertz CT molecular complexity index is 824. The number of carbonyl (C=O) groups is 1. The number of aryl methyl sites for hydroxylation is 2. The molecule has 0 fully saturated rings. The third-order valence-electron chi connectivity index (χ3n) is 4.11. The van der Waals surface area contributed by atoms with Crippen LogP contribution in [0, 0.1) is 0 Å². The minimum Gasteiger partial charge on any atom is -0.321 e. The fourth-order valence-electron chi connectivity index (χ4n) is 3.00. The van der Waals surface area contributed by atoms with Gasteiger partial charge >= 0.3 is 0 Å². The van der Waals surface area contributed by atoms with E-state index in [-0.39, 0.29) is 5.91 Å². The number of hydrogen-bond acceptors (Lipinski definition) is 3. The summed E-state index contributed by atoms with van der Waals surface area (Å²) in [5.74, 6) is -0.0178. The van der Waals surface area contributed by atoms with Crippen LogP contribution in [0.15, 0.2) is 42.6 Å². The van der Waals surface area contributed by atoms with Gasteiger partial charge in [-0.3, -0.25) is 9.78 Å². The summed E-state index contributed by atoms with van der Waals surface area (Å²) in [6, 6.07) is 11.7. The minimum atomic E-state index is -0.0178. The number of carbonyl (C=O) groups excluding carboxylic acids is 1. The number of thiophene rings is 1. The first-order valence-corrected chi connectivity index (χ1v) is 8.39. The number of benzene rings is 1. The van der Waals surface area contributed by atoms with Crippen molar-refractivity contribution in [3.05, 3.63) is 57.9 Å². The summed E-state index contributed by atoms with van der Waals surface area (Å²) < 4.78 is 0. The van der Waals surface area contributed by atoms with Gasteiger partial charge in [0.2, 0.25) is 0 Å². The topological polar surface area (TPSA) is 42.0 Å². The van der Waals surface area contributed by atoms with Gasteiger partial charge in [-0.05, 0) is 61.6 Å². The molecule has 0 spiro atoms. The van der Waals surface area contributed by atoms with E-state index < -0.39 is 0 Å². The quantitative estimate of drug-likeness (QED) is 0.761. The number of aromatic nitrogens is 1. The van der Waals surface area contributed by atoms with Gasteiger partial charge in [-0.25, -0.2) is 0 Å². The number of rotatable bonds is 2. The SMILES string of the molecule is O=C(Nc1cccc2ncccc12)c1cc2c(s1)CCCC2. The van der Waals surface area contributed by atoms with Gasteiger partial charge in [0.05, 0.1) is 16.1 Å². The van der Waals surface area contributed by atoms with Crippen LogP contribution < -0.4 is 5.32 Å². The van der Waals surface area contributed by atoms with Crippen LogP contribution in [0.2, 0.25) is 0 Å². The Morgan fingerprint density at radius 1 is 1.14 bits per heavy atom. The third kappa shape index (κ3) is 2.40. The van der Waals surface area contributed by atoms with Gasteiger partial charge in [-0.2, -0.15) is 0 Å². The maximum absolute atomic E-state index is 12.6. The number of nitrogens with one attached hydrogen (secondary N) is 1. The number of fused-ring (bicyclic) bond motifs is 2. The monoisotopic (exact) mass is 308 g/mol. The molecule has 0 radical (unpaired) electrons. The van der Waals surface area contributed by atoms with Crippen LogP contribution >= 0.6 is 11.3 Å². The molecule has 0 unspecified atom stereocenters. The van der Waals surface area contributed by atoms with Crippen molar-refractivity contribution in [1.82, 2.24) is 4.98 Å². The predicted octanol–water partition coefficient (Wildman–Crippen LogP) is 4.43. The van der Waals surface area contributed by atoms with Crippen molar-refractivity contribution in [2.45, 2.75) is 25.7 Å². The molecule has 3 aromatic rings. The lowest BCUT2D eigenvalue weighted by atomic mass is 9.99. The summed E-state index contributed by atoms with van der Waals surface area (Å²) in [6.07, 6.45) is 6.47. The average Bonchev–Trinajstić information content (AvgIpc) is 2.99. The van der Waals surface area contributed by atoms with Crippen LogP contribution in [-0.2, 0) is 12.8 Å². The minimum absolute atomic E-state index is 0.0178. The van der Waals surface area contributed by atoms with Gasteiger partial charge < -0.3 is 5.32 Å². The molecule has 0 saturated heterocycles. The highest BCUT2D eigenvalue weighted by Gasteiger charge is 2.17. The molecule has 3 nitrogen and oxygen atoms in total. The molecule has 0 aliphatic heterocycles. The van der Waals surface area contributed by atoms with E-state index in [0.717, 1.165) is 34.3 Å². The standard InChI is InChI=1S/C18H16N2OS/c21-18(17-11-12-5-1-2-9-16(12)22-17)20-15-8-3-7-14-13(15)6-4-10-19-14/h3-4,6-8,10-11H,1-2,5,9H2,(H,20,21). The van der Waals surface area contributed by atoms with E-state index in [0.29, 0.717) is 0 Å². The summed E-state index contributed by atoms with van der Waals surface area (Å²) in [6.45, 7) is 0. The molecule has 4 heteroatoms. The lowest BCUT2D eigenvalue weighted by molar-refractivity contribution is 0.103. The molecule has 0 saturated carbocycles. The second kappa shape index (κ2) is 5.54. The predicted molar refractivity (Wildman–Crippen MR) is 90.7 cm³/mol. The Morgan fingerprint density at radius 3 is 2.95 bits per heavy atom. The maximum Gasteiger partial charge on any atom is 0.265 e. The van der Waals surface area contributed by atoms with Gasteiger partial charge in [-0.15, -0.1) is 11.3 Å². The molecule has 0 bridgehead atoms. The fourth-order valence-corrected chi connectivity index (χ4v) is 4.15. The van der Waals surface area contributed by atoms with Gasteiger partial charge in [0.25, 0.3) is 5.91 Å². The Kier molecular flexibility index (Phi) is 3.39. The molecule has 110 valence electrons. The lowest BCUT2D eigenvalue weighted by Crippen LogP contribution is -2.10. The second-order valence-corrected chi connectivity index (χ2v) is 6.73. The smallest absolute Gasteiger partial charge is 0.265 e. The first kappa shape index (κ1) is 13.5. The Morgan fingerprint density at radius 2 is 2.05 bits per heavy atom. The lowest BCUT2D eigenvalue weighted by Gasteiger charge is -2.08. The zero-order chi connectivity index (χ0) is 14.9. The highest BCUT2D eigenvalue weighted by Crippen LogP contribution is 2.30. The van der Waals surface area contributed by atoms with Crippen molar-refractivity contribution in [2.75, 3.05) is 5.32 Å². The normalized spacial score (nSPS) is 13.8. The molecule has 2 aromatic heterocycles. The summed E-state index contributed by atoms with van der Waals surface area (Å²) >= 11 is 1.64. The van der Waals surface area contributed by atoms with E-state index in [1.807, 2.05) is 30.3 Å². The van der Waals surface area contributed by atoms with Crippen molar-refractivity contribution in [3.63, 3.8) is 0 Å². The van der Waals surface area contributed by atoms with Gasteiger partial charge in [0.15, 0.2) is 0 Å². The summed E-state index contributed by atoms with van der Waals surface area (Å²) in [5.41, 5.74) is 3.08. The van der Waals surface area contributed by atoms with E-state index in [9.17, 15) is 4.79 Å². The summed E-state index contributed by atoms with van der Waals surface area (Å²) in [4.78, 5) is 19.1. The van der Waals surface area contributed by atoms with E-state index in [4.69, 9.17) is 0 Å². The maximum atomic E-state index is 12.6. The third-order valence-corrected chi connectivity index (χ3v) is 5.35. The first-order chi connectivity index (χ1) is 10.8. The average molecular weight is 308 g/mol. The van der Waals surface area contributed by atoms with E-state index in [2.05, 4.69) is 16.4 Å². The molecule has 1 aromatic carbocycles. The number of amides is 1. The highest BCUT2D eigenvalue weighted by atomic mass is 32.1. The van der Waals surface area contributed by atoms with Gasteiger partial charge in [0, 0.05) is 16.5 Å². The second-order valence-electron chi connectivity index (χ2n) is 5.60. The highest BCUT2D eigenvalue weighted by molar-refractivity contribution is 7.14. The van der Waals surface area contributed by atoms with Crippen molar-refractivity contribution in [1.29, 1.82) is 0 Å². The van der Waals surface area contributed by atoms with E-state index in [1.165, 1.54) is 23.3 Å². The molecule has 4 rings (SSSR count).